The van der Waals surface area contributed by atoms with E-state index >= 15 is 0 Å². The minimum atomic E-state index is -0.227. The molecule has 1 aliphatic carbocycles. The van der Waals surface area contributed by atoms with E-state index in [1.807, 2.05) is 50.5 Å². The van der Waals surface area contributed by atoms with Crippen molar-refractivity contribution in [1.82, 2.24) is 24.9 Å². The summed E-state index contributed by atoms with van der Waals surface area (Å²) in [5.41, 5.74) is 4.81. The van der Waals surface area contributed by atoms with E-state index in [2.05, 4.69) is 46.1 Å². The van der Waals surface area contributed by atoms with Gasteiger partial charge in [-0.2, -0.15) is 10.2 Å². The molecular weight excluding hydrogens is 476 g/mol. The minimum Gasteiger partial charge on any atom is -0.385 e. The van der Waals surface area contributed by atoms with Crippen LogP contribution in [0.4, 0.5) is 10.6 Å². The van der Waals surface area contributed by atoms with Gasteiger partial charge in [0, 0.05) is 44.6 Å². The summed E-state index contributed by atoms with van der Waals surface area (Å²) < 4.78 is 8.89. The molecule has 3 atom stereocenters. The molecule has 1 unspecified atom stereocenters. The molecule has 2 aromatic heterocycles. The molecule has 1 saturated carbocycles. The smallest absolute Gasteiger partial charge is 0.320 e. The summed E-state index contributed by atoms with van der Waals surface area (Å²) in [5, 5.41) is 15.4. The molecule has 2 amide bonds. The summed E-state index contributed by atoms with van der Waals surface area (Å²) in [5.74, 6) is 2.04. The summed E-state index contributed by atoms with van der Waals surface area (Å²) in [6.07, 6.45) is 6.97. The van der Waals surface area contributed by atoms with Gasteiger partial charge < -0.3 is 10.1 Å². The zero-order valence-electron chi connectivity index (χ0n) is 22.3. The van der Waals surface area contributed by atoms with Crippen LogP contribution in [0.15, 0.2) is 73.1 Å². The van der Waals surface area contributed by atoms with Crippen molar-refractivity contribution in [1.29, 1.82) is 0 Å². The van der Waals surface area contributed by atoms with Crippen LogP contribution in [0, 0.1) is 18.8 Å². The first kappa shape index (κ1) is 25.7. The van der Waals surface area contributed by atoms with E-state index in [-0.39, 0.29) is 6.03 Å². The van der Waals surface area contributed by atoms with Crippen LogP contribution in [0.5, 0.6) is 0 Å². The van der Waals surface area contributed by atoms with Gasteiger partial charge in [-0.25, -0.2) is 9.48 Å². The summed E-state index contributed by atoms with van der Waals surface area (Å²) in [6, 6.07) is 20.3. The lowest BCUT2D eigenvalue weighted by atomic mass is 9.89. The zero-order chi connectivity index (χ0) is 26.5. The SMILES string of the molecule is COCC[C@H]1CC(CNC(=O)Nc2c(C)c(-c3cnn(C)c3)nn2-c2ccccc2)[C@H](c2ccccc2)C1. The molecule has 0 radical (unpaired) electrons. The summed E-state index contributed by atoms with van der Waals surface area (Å²) in [7, 11) is 3.64. The molecule has 8 nitrogen and oxygen atoms in total. The van der Waals surface area contributed by atoms with Crippen molar-refractivity contribution in [2.45, 2.75) is 32.1 Å². The van der Waals surface area contributed by atoms with Gasteiger partial charge in [-0.3, -0.25) is 10.00 Å². The number of nitrogens with zero attached hydrogens (tertiary/aromatic N) is 4. The van der Waals surface area contributed by atoms with Crippen molar-refractivity contribution in [3.05, 3.63) is 84.2 Å². The van der Waals surface area contributed by atoms with E-state index < -0.39 is 0 Å². The Bertz CT molecular complexity index is 1350. The Kier molecular flexibility index (Phi) is 7.89. The summed E-state index contributed by atoms with van der Waals surface area (Å²) in [6.45, 7) is 3.37. The number of benzene rings is 2. The second kappa shape index (κ2) is 11.6. The molecule has 2 aromatic carbocycles. The highest BCUT2D eigenvalue weighted by Crippen LogP contribution is 2.44. The Morgan fingerprint density at radius 1 is 1.08 bits per heavy atom. The number of aryl methyl sites for hydroxylation is 1. The van der Waals surface area contributed by atoms with Crippen molar-refractivity contribution in [2.24, 2.45) is 18.9 Å². The second-order valence-corrected chi connectivity index (χ2v) is 10.2. The van der Waals surface area contributed by atoms with Crippen LogP contribution in [0.2, 0.25) is 0 Å². The van der Waals surface area contributed by atoms with E-state index in [0.29, 0.717) is 30.1 Å². The van der Waals surface area contributed by atoms with E-state index in [4.69, 9.17) is 9.84 Å². The molecule has 0 aliphatic heterocycles. The van der Waals surface area contributed by atoms with Crippen molar-refractivity contribution in [2.75, 3.05) is 25.6 Å². The van der Waals surface area contributed by atoms with Gasteiger partial charge >= 0.3 is 6.03 Å². The number of aromatic nitrogens is 4. The maximum Gasteiger partial charge on any atom is 0.320 e. The molecule has 0 saturated heterocycles. The number of urea groups is 1. The Hall–Kier alpha value is -3.91. The fraction of sp³-hybridized carbons (Fsp3) is 0.367. The van der Waals surface area contributed by atoms with Gasteiger partial charge in [-0.1, -0.05) is 48.5 Å². The van der Waals surface area contributed by atoms with Gasteiger partial charge in [0.25, 0.3) is 0 Å². The van der Waals surface area contributed by atoms with Crippen LogP contribution in [-0.2, 0) is 11.8 Å². The number of nitrogens with one attached hydrogen (secondary N) is 2. The van der Waals surface area contributed by atoms with Crippen LogP contribution >= 0.6 is 0 Å². The highest BCUT2D eigenvalue weighted by molar-refractivity contribution is 5.90. The topological polar surface area (TPSA) is 86.0 Å². The average molecular weight is 513 g/mol. The fourth-order valence-corrected chi connectivity index (χ4v) is 5.69. The van der Waals surface area contributed by atoms with Crippen LogP contribution in [0.1, 0.15) is 36.3 Å². The summed E-state index contributed by atoms with van der Waals surface area (Å²) >= 11 is 0. The quantitative estimate of drug-likeness (QED) is 0.308. The first-order valence-corrected chi connectivity index (χ1v) is 13.3. The fourth-order valence-electron chi connectivity index (χ4n) is 5.69. The molecule has 198 valence electrons. The van der Waals surface area contributed by atoms with E-state index in [1.54, 1.807) is 22.7 Å². The third-order valence-electron chi connectivity index (χ3n) is 7.61. The van der Waals surface area contributed by atoms with Gasteiger partial charge in [-0.15, -0.1) is 0 Å². The monoisotopic (exact) mass is 512 g/mol. The largest absolute Gasteiger partial charge is 0.385 e. The van der Waals surface area contributed by atoms with Crippen molar-refractivity contribution in [3.8, 4) is 16.9 Å². The highest BCUT2D eigenvalue weighted by atomic mass is 16.5. The number of anilines is 1. The molecule has 8 heteroatoms. The van der Waals surface area contributed by atoms with Gasteiger partial charge in [0.05, 0.1) is 11.9 Å². The van der Waals surface area contributed by atoms with Gasteiger partial charge in [0.15, 0.2) is 0 Å². The Labute approximate surface area is 224 Å². The van der Waals surface area contributed by atoms with Crippen molar-refractivity contribution >= 4 is 11.8 Å². The van der Waals surface area contributed by atoms with Crippen LogP contribution in [0.25, 0.3) is 16.9 Å². The molecule has 2 heterocycles. The lowest BCUT2D eigenvalue weighted by Crippen LogP contribution is -2.34. The standard InChI is InChI=1S/C30H36N6O2/c1-21-28(25-19-32-35(2)20-25)34-36(26-12-8-5-9-13-26)29(21)33-30(37)31-18-24-16-22(14-15-38-3)17-27(24)23-10-6-4-7-11-23/h4-13,19-20,22,24,27H,14-18H2,1-3H3,(H2,31,33,37)/t22-,24?,27-/m0/s1. The lowest BCUT2D eigenvalue weighted by Gasteiger charge is -2.21. The number of carbonyl (C=O) groups is 1. The van der Waals surface area contributed by atoms with E-state index in [1.165, 1.54) is 5.56 Å². The predicted molar refractivity (Wildman–Crippen MR) is 149 cm³/mol. The third kappa shape index (κ3) is 5.65. The number of amides is 2. The molecule has 4 aromatic rings. The molecule has 2 N–H and O–H groups in total. The third-order valence-corrected chi connectivity index (χ3v) is 7.61. The highest BCUT2D eigenvalue weighted by Gasteiger charge is 2.35. The Morgan fingerprint density at radius 3 is 2.50 bits per heavy atom. The number of hydrogen-bond acceptors (Lipinski definition) is 4. The molecule has 0 bridgehead atoms. The van der Waals surface area contributed by atoms with Gasteiger partial charge in [-0.05, 0) is 61.6 Å². The first-order valence-electron chi connectivity index (χ1n) is 13.3. The van der Waals surface area contributed by atoms with E-state index in [9.17, 15) is 4.79 Å². The number of para-hydroxylation sites is 1. The molecule has 38 heavy (non-hydrogen) atoms. The lowest BCUT2D eigenvalue weighted by molar-refractivity contribution is 0.177. The normalized spacial score (nSPS) is 19.0. The maximum absolute atomic E-state index is 13.3. The van der Waals surface area contributed by atoms with Crippen molar-refractivity contribution < 1.29 is 9.53 Å². The van der Waals surface area contributed by atoms with Crippen molar-refractivity contribution in [3.63, 3.8) is 0 Å². The Morgan fingerprint density at radius 2 is 1.82 bits per heavy atom. The maximum atomic E-state index is 13.3. The average Bonchev–Trinajstić information content (AvgIpc) is 3.64. The zero-order valence-corrected chi connectivity index (χ0v) is 22.3. The second-order valence-electron chi connectivity index (χ2n) is 10.2. The minimum absolute atomic E-state index is 0.227. The number of rotatable bonds is 9. The van der Waals surface area contributed by atoms with E-state index in [0.717, 1.165) is 48.4 Å². The predicted octanol–water partition coefficient (Wildman–Crippen LogP) is 5.55. The molecule has 1 fully saturated rings. The summed E-state index contributed by atoms with van der Waals surface area (Å²) in [4.78, 5) is 13.3. The van der Waals surface area contributed by atoms with Gasteiger partial charge in [0.1, 0.15) is 11.5 Å². The van der Waals surface area contributed by atoms with Gasteiger partial charge in [0.2, 0.25) is 0 Å². The first-order chi connectivity index (χ1) is 18.5. The van der Waals surface area contributed by atoms with Crippen LogP contribution in [0.3, 0.4) is 0 Å². The number of carbonyl (C=O) groups excluding carboxylic acids is 1. The molecule has 1 aliphatic rings. The van der Waals surface area contributed by atoms with Crippen LogP contribution in [-0.4, -0.2) is 45.9 Å². The number of methoxy groups -OCH3 is 1. The molecule has 0 spiro atoms. The number of ether oxygens (including phenoxy) is 1. The number of hydrogen-bond donors (Lipinski definition) is 2. The van der Waals surface area contributed by atoms with Crippen LogP contribution < -0.4 is 10.6 Å². The molecule has 5 rings (SSSR count). The Balaban J connectivity index is 1.33. The molecular formula is C30H36N6O2.